The highest BCUT2D eigenvalue weighted by Gasteiger charge is 2.50. The highest BCUT2D eigenvalue weighted by atomic mass is 32.2. The van der Waals surface area contributed by atoms with Gasteiger partial charge in [0.25, 0.3) is 21.6 Å². The first-order chi connectivity index (χ1) is 35.2. The standard InChI is InChI=1S/C54H64N8O10S/c1-33-6-3-4-7-39(33)46-31-69-22-5-19-60(46)37-28-54(29-37)16-20-59(21-17-54)36-8-9-40(43(25-36)61-42-13-23-70-32-48(42)72-52-45(61)24-35-12-18-55-50(35)57-52)51(63)58-73(67,68)38-26-44(62(65)66)49-47(27-38)71-30-41(56-49)34-10-14-53(2,64)15-11-34/h3-4,6-9,12,18,24-27,34,37,41-42,46,48,56,64H,5,10-11,13-17,19-23,28-32H2,1-2H3,(H,55,57)(H,58,63)/t34?,41-,42-,46-,48-,53?/m0/s1. The summed E-state index contributed by atoms with van der Waals surface area (Å²) < 4.78 is 55.7. The van der Waals surface area contributed by atoms with Gasteiger partial charge in [-0.3, -0.25) is 19.8 Å². The van der Waals surface area contributed by atoms with Gasteiger partial charge >= 0.3 is 0 Å². The van der Waals surface area contributed by atoms with Gasteiger partial charge in [0.15, 0.2) is 11.4 Å². The molecule has 3 saturated heterocycles. The number of nitro benzene ring substituents is 1. The molecule has 12 rings (SSSR count). The number of H-pyrrole nitrogens is 1. The van der Waals surface area contributed by atoms with Gasteiger partial charge in [0.2, 0.25) is 5.88 Å². The molecule has 0 radical (unpaired) electrons. The van der Waals surface area contributed by atoms with Crippen LogP contribution in [0.4, 0.5) is 28.4 Å². The molecule has 0 bridgehead atoms. The number of sulfonamides is 1. The lowest BCUT2D eigenvalue weighted by molar-refractivity contribution is -0.384. The molecule has 3 aromatic carbocycles. The summed E-state index contributed by atoms with van der Waals surface area (Å²) in [5.41, 5.74) is 4.50. The minimum atomic E-state index is -4.71. The first kappa shape index (κ1) is 48.0. The van der Waals surface area contributed by atoms with Gasteiger partial charge < -0.3 is 44.2 Å². The molecule has 386 valence electrons. The van der Waals surface area contributed by atoms with Crippen LogP contribution < -0.4 is 29.3 Å². The highest BCUT2D eigenvalue weighted by Crippen LogP contribution is 2.54. The van der Waals surface area contributed by atoms with Crippen molar-refractivity contribution in [2.24, 2.45) is 11.3 Å². The summed E-state index contributed by atoms with van der Waals surface area (Å²) in [5, 5.41) is 27.2. The summed E-state index contributed by atoms with van der Waals surface area (Å²) in [6.45, 7) is 9.05. The van der Waals surface area contributed by atoms with E-state index in [4.69, 9.17) is 23.9 Å². The number of pyridine rings is 1. The first-order valence-electron chi connectivity index (χ1n) is 26.0. The van der Waals surface area contributed by atoms with Crippen LogP contribution in [0.25, 0.3) is 11.0 Å². The Kier molecular flexibility index (Phi) is 12.3. The van der Waals surface area contributed by atoms with Crippen LogP contribution in [-0.2, 0) is 19.5 Å². The molecule has 7 heterocycles. The number of nitro groups is 1. The van der Waals surface area contributed by atoms with E-state index in [9.17, 15) is 28.4 Å². The Morgan fingerprint density at radius 1 is 0.932 bits per heavy atom. The largest absolute Gasteiger partial charge is 0.489 e. The van der Waals surface area contributed by atoms with Crippen molar-refractivity contribution in [3.05, 3.63) is 99.7 Å². The van der Waals surface area contributed by atoms with Crippen LogP contribution in [0.5, 0.6) is 11.6 Å². The average molecular weight is 1020 g/mol. The number of carbonyl (C=O) groups excluding carboxylic acids is 1. The fraction of sp³-hybridized carbons (Fsp3) is 0.519. The Morgan fingerprint density at radius 2 is 1.73 bits per heavy atom. The number of hydrogen-bond acceptors (Lipinski definition) is 15. The smallest absolute Gasteiger partial charge is 0.297 e. The van der Waals surface area contributed by atoms with Crippen molar-refractivity contribution in [1.29, 1.82) is 0 Å². The molecule has 1 spiro atoms. The van der Waals surface area contributed by atoms with Crippen molar-refractivity contribution >= 4 is 55.4 Å². The molecule has 1 amide bonds. The molecule has 2 saturated carbocycles. The number of fused-ring (bicyclic) bond motifs is 4. The number of hydrogen-bond donors (Lipinski definition) is 4. The number of aromatic amines is 1. The Hall–Kier alpha value is -5.99. The zero-order valence-electron chi connectivity index (χ0n) is 41.4. The molecule has 18 nitrogen and oxygen atoms in total. The van der Waals surface area contributed by atoms with Gasteiger partial charge in [-0.15, -0.1) is 0 Å². The van der Waals surface area contributed by atoms with Gasteiger partial charge in [0.1, 0.15) is 24.0 Å². The van der Waals surface area contributed by atoms with Crippen molar-refractivity contribution < 1.29 is 42.2 Å². The molecular formula is C54H64N8O10S. The Labute approximate surface area is 424 Å². The highest BCUT2D eigenvalue weighted by molar-refractivity contribution is 7.90. The van der Waals surface area contributed by atoms with E-state index in [1.807, 2.05) is 31.2 Å². The number of nitrogens with one attached hydrogen (secondary N) is 3. The van der Waals surface area contributed by atoms with Crippen molar-refractivity contribution in [2.75, 3.05) is 67.8 Å². The van der Waals surface area contributed by atoms with E-state index in [-0.39, 0.29) is 53.1 Å². The van der Waals surface area contributed by atoms with E-state index in [1.54, 1.807) is 12.3 Å². The number of aliphatic hydroxyl groups is 1. The molecular weight excluding hydrogens is 953 g/mol. The third-order valence-corrected chi connectivity index (χ3v) is 18.5. The van der Waals surface area contributed by atoms with Crippen molar-refractivity contribution in [3.63, 3.8) is 0 Å². The predicted octanol–water partition coefficient (Wildman–Crippen LogP) is 7.91. The normalized spacial score (nSPS) is 27.3. The maximum Gasteiger partial charge on any atom is 0.297 e. The summed E-state index contributed by atoms with van der Waals surface area (Å²) in [4.78, 5) is 41.5. The molecule has 19 heteroatoms. The van der Waals surface area contributed by atoms with Gasteiger partial charge in [-0.05, 0) is 131 Å². The molecule has 5 fully saturated rings. The summed E-state index contributed by atoms with van der Waals surface area (Å²) in [7, 11) is -4.71. The monoisotopic (exact) mass is 1020 g/mol. The van der Waals surface area contributed by atoms with Crippen LogP contribution in [0.15, 0.2) is 77.8 Å². The fourth-order valence-electron chi connectivity index (χ4n) is 13.0. The second-order valence-corrected chi connectivity index (χ2v) is 23.6. The molecule has 2 aliphatic carbocycles. The maximum atomic E-state index is 14.8. The van der Waals surface area contributed by atoms with E-state index in [0.717, 1.165) is 75.5 Å². The van der Waals surface area contributed by atoms with Crippen LogP contribution in [-0.4, -0.2) is 122 Å². The zero-order valence-corrected chi connectivity index (χ0v) is 42.2. The van der Waals surface area contributed by atoms with Crippen LogP contribution in [0.1, 0.15) is 98.7 Å². The molecule has 4 atom stereocenters. The number of aromatic nitrogens is 2. The number of amides is 1. The van der Waals surface area contributed by atoms with Gasteiger partial charge in [-0.1, -0.05) is 24.3 Å². The number of benzene rings is 3. The molecule has 5 aromatic rings. The van der Waals surface area contributed by atoms with Gasteiger partial charge in [-0.25, -0.2) is 13.1 Å². The van der Waals surface area contributed by atoms with Gasteiger partial charge in [-0.2, -0.15) is 4.98 Å². The van der Waals surface area contributed by atoms with E-state index in [1.165, 1.54) is 17.2 Å². The minimum Gasteiger partial charge on any atom is -0.489 e. The SMILES string of the molecule is Cc1ccccc1[C@@H]1COCCCN1C1CC2(CCN(c3ccc(C(=O)NS(=O)(=O)c4cc5c(c([N+](=O)[O-])c4)N[C@H](C4CCC(C)(O)CC4)CO5)c(N4c5cc6cc[nH]c6nc5O[C@H]5COCC[C@@H]54)c3)CC2)C1. The zero-order chi connectivity index (χ0) is 50.2. The summed E-state index contributed by atoms with van der Waals surface area (Å²) in [6, 6.07) is 20.5. The molecule has 4 N–H and O–H groups in total. The number of aryl methyl sites for hydroxylation is 1. The maximum absolute atomic E-state index is 14.8. The Morgan fingerprint density at radius 3 is 2.52 bits per heavy atom. The van der Waals surface area contributed by atoms with Crippen molar-refractivity contribution in [2.45, 2.75) is 119 Å². The Bertz CT molecular complexity index is 3050. The number of anilines is 4. The molecule has 0 unspecified atom stereocenters. The first-order valence-corrected chi connectivity index (χ1v) is 27.5. The van der Waals surface area contributed by atoms with Crippen molar-refractivity contribution in [3.8, 4) is 11.6 Å². The quantitative estimate of drug-likeness (QED) is 0.0816. The summed E-state index contributed by atoms with van der Waals surface area (Å²) >= 11 is 0. The lowest BCUT2D eigenvalue weighted by Crippen LogP contribution is -2.56. The molecule has 2 aromatic heterocycles. The third kappa shape index (κ3) is 9.04. The summed E-state index contributed by atoms with van der Waals surface area (Å²) in [6.07, 6.45) is 9.88. The van der Waals surface area contributed by atoms with E-state index in [2.05, 4.69) is 60.9 Å². The second kappa shape index (κ2) is 18.7. The number of ether oxygens (including phenoxy) is 4. The number of carbonyl (C=O) groups is 1. The topological polar surface area (TPSA) is 214 Å². The lowest BCUT2D eigenvalue weighted by atomic mass is 9.59. The van der Waals surface area contributed by atoms with E-state index >= 15 is 0 Å². The van der Waals surface area contributed by atoms with E-state index in [0.29, 0.717) is 80.9 Å². The number of nitrogens with zero attached hydrogens (tertiary/aromatic N) is 5. The number of piperidine rings is 1. The third-order valence-electron chi connectivity index (χ3n) is 17.2. The average Bonchev–Trinajstić information content (AvgIpc) is 3.70. The van der Waals surface area contributed by atoms with Gasteiger partial charge in [0.05, 0.1) is 58.0 Å². The van der Waals surface area contributed by atoms with Crippen LogP contribution >= 0.6 is 0 Å². The molecule has 73 heavy (non-hydrogen) atoms. The second-order valence-electron chi connectivity index (χ2n) is 21.9. The fourth-order valence-corrected chi connectivity index (χ4v) is 14.0. The summed E-state index contributed by atoms with van der Waals surface area (Å²) in [5.74, 6) is -0.434. The number of rotatable bonds is 9. The van der Waals surface area contributed by atoms with Crippen LogP contribution in [0.3, 0.4) is 0 Å². The van der Waals surface area contributed by atoms with Gasteiger partial charge in [0, 0.05) is 68.3 Å². The van der Waals surface area contributed by atoms with Crippen LogP contribution in [0, 0.1) is 28.4 Å². The predicted molar refractivity (Wildman–Crippen MR) is 275 cm³/mol. The Balaban J connectivity index is 0.835. The van der Waals surface area contributed by atoms with E-state index < -0.39 is 43.1 Å². The van der Waals surface area contributed by atoms with Crippen LogP contribution in [0.2, 0.25) is 0 Å². The minimum absolute atomic E-state index is 0.00826. The van der Waals surface area contributed by atoms with Crippen molar-refractivity contribution in [1.82, 2.24) is 19.6 Å². The molecule has 7 aliphatic rings. The lowest BCUT2D eigenvalue weighted by Gasteiger charge is -2.56. The molecule has 5 aliphatic heterocycles.